The van der Waals surface area contributed by atoms with E-state index in [0.717, 1.165) is 0 Å². The Hall–Kier alpha value is -1.44. The SMILES string of the molecule is CC(C)c1nc(NN)cc(NCC2(O)CCOCC2)n1. The number of rotatable bonds is 5. The summed E-state index contributed by atoms with van der Waals surface area (Å²) in [5.74, 6) is 7.56. The molecule has 0 spiro atoms. The maximum atomic E-state index is 10.4. The number of hydrazine groups is 1. The summed E-state index contributed by atoms with van der Waals surface area (Å²) >= 11 is 0. The molecule has 1 aromatic rings. The van der Waals surface area contributed by atoms with Crippen LogP contribution in [0.15, 0.2) is 6.07 Å². The van der Waals surface area contributed by atoms with Crippen molar-refractivity contribution in [2.45, 2.75) is 38.2 Å². The van der Waals surface area contributed by atoms with Gasteiger partial charge in [-0.2, -0.15) is 0 Å². The normalized spacial score (nSPS) is 18.1. The molecule has 0 radical (unpaired) electrons. The molecule has 0 bridgehead atoms. The Morgan fingerprint density at radius 1 is 1.35 bits per heavy atom. The van der Waals surface area contributed by atoms with E-state index in [1.54, 1.807) is 6.07 Å². The molecule has 1 fully saturated rings. The first-order chi connectivity index (χ1) is 9.52. The van der Waals surface area contributed by atoms with Gasteiger partial charge in [-0.1, -0.05) is 13.8 Å². The molecule has 20 heavy (non-hydrogen) atoms. The molecule has 2 heterocycles. The van der Waals surface area contributed by atoms with Crippen molar-refractivity contribution in [1.82, 2.24) is 9.97 Å². The van der Waals surface area contributed by atoms with Crippen LogP contribution in [-0.4, -0.2) is 40.4 Å². The average molecular weight is 281 g/mol. The van der Waals surface area contributed by atoms with Crippen molar-refractivity contribution >= 4 is 11.6 Å². The van der Waals surface area contributed by atoms with Gasteiger partial charge < -0.3 is 20.6 Å². The van der Waals surface area contributed by atoms with Gasteiger partial charge in [-0.15, -0.1) is 0 Å². The highest BCUT2D eigenvalue weighted by molar-refractivity contribution is 5.47. The summed E-state index contributed by atoms with van der Waals surface area (Å²) in [6.07, 6.45) is 1.26. The molecule has 1 aliphatic heterocycles. The molecule has 0 atom stereocenters. The zero-order valence-corrected chi connectivity index (χ0v) is 12.0. The standard InChI is InChI=1S/C13H23N5O2/c1-9(2)12-16-10(7-11(17-12)18-14)15-8-13(19)3-5-20-6-4-13/h7,9,19H,3-6,8,14H2,1-2H3,(H2,15,16,17,18). The Kier molecular flexibility index (Phi) is 4.74. The predicted octanol–water partition coefficient (Wildman–Crippen LogP) is 0.839. The van der Waals surface area contributed by atoms with Gasteiger partial charge >= 0.3 is 0 Å². The molecule has 0 aromatic carbocycles. The molecule has 112 valence electrons. The van der Waals surface area contributed by atoms with Crippen LogP contribution in [0, 0.1) is 0 Å². The lowest BCUT2D eigenvalue weighted by Crippen LogP contribution is -2.42. The second-order valence-corrected chi connectivity index (χ2v) is 5.49. The number of aromatic nitrogens is 2. The Labute approximate surface area is 118 Å². The fourth-order valence-electron chi connectivity index (χ4n) is 2.07. The highest BCUT2D eigenvalue weighted by Crippen LogP contribution is 2.22. The average Bonchev–Trinajstić information content (AvgIpc) is 2.45. The summed E-state index contributed by atoms with van der Waals surface area (Å²) in [6.45, 7) is 5.66. The van der Waals surface area contributed by atoms with Crippen LogP contribution in [-0.2, 0) is 4.74 Å². The number of aliphatic hydroxyl groups is 1. The van der Waals surface area contributed by atoms with Crippen molar-refractivity contribution in [3.8, 4) is 0 Å². The number of nitrogen functional groups attached to an aromatic ring is 1. The lowest BCUT2D eigenvalue weighted by molar-refractivity contribution is -0.0543. The van der Waals surface area contributed by atoms with Gasteiger partial charge in [-0.3, -0.25) is 0 Å². The largest absolute Gasteiger partial charge is 0.388 e. The van der Waals surface area contributed by atoms with E-state index in [4.69, 9.17) is 10.6 Å². The van der Waals surface area contributed by atoms with Crippen LogP contribution in [0.1, 0.15) is 38.4 Å². The predicted molar refractivity (Wildman–Crippen MR) is 77.4 cm³/mol. The van der Waals surface area contributed by atoms with Crippen molar-refractivity contribution < 1.29 is 9.84 Å². The number of hydrogen-bond donors (Lipinski definition) is 4. The lowest BCUT2D eigenvalue weighted by Gasteiger charge is -2.32. The molecule has 1 aromatic heterocycles. The molecule has 1 aliphatic rings. The van der Waals surface area contributed by atoms with E-state index >= 15 is 0 Å². The molecule has 7 nitrogen and oxygen atoms in total. The van der Waals surface area contributed by atoms with Gasteiger partial charge in [-0.05, 0) is 0 Å². The monoisotopic (exact) mass is 281 g/mol. The van der Waals surface area contributed by atoms with Crippen LogP contribution in [0.25, 0.3) is 0 Å². The maximum Gasteiger partial charge on any atom is 0.145 e. The smallest absolute Gasteiger partial charge is 0.145 e. The van der Waals surface area contributed by atoms with Crippen LogP contribution >= 0.6 is 0 Å². The molecule has 2 rings (SSSR count). The zero-order valence-electron chi connectivity index (χ0n) is 12.0. The van der Waals surface area contributed by atoms with Crippen LogP contribution in [0.3, 0.4) is 0 Å². The minimum absolute atomic E-state index is 0.204. The van der Waals surface area contributed by atoms with E-state index in [-0.39, 0.29) is 5.92 Å². The molecule has 0 aliphatic carbocycles. The third-order valence-electron chi connectivity index (χ3n) is 3.43. The summed E-state index contributed by atoms with van der Waals surface area (Å²) in [6, 6.07) is 1.73. The maximum absolute atomic E-state index is 10.4. The fraction of sp³-hybridized carbons (Fsp3) is 0.692. The molecule has 0 unspecified atom stereocenters. The van der Waals surface area contributed by atoms with Crippen LogP contribution < -0.4 is 16.6 Å². The minimum atomic E-state index is -0.739. The van der Waals surface area contributed by atoms with Gasteiger partial charge in [0.15, 0.2) is 0 Å². The van der Waals surface area contributed by atoms with E-state index in [1.165, 1.54) is 0 Å². The van der Waals surface area contributed by atoms with E-state index in [2.05, 4.69) is 20.7 Å². The van der Waals surface area contributed by atoms with Crippen LogP contribution in [0.5, 0.6) is 0 Å². The van der Waals surface area contributed by atoms with Gasteiger partial charge in [-0.25, -0.2) is 15.8 Å². The fourth-order valence-corrected chi connectivity index (χ4v) is 2.07. The van der Waals surface area contributed by atoms with Crippen molar-refractivity contribution in [3.05, 3.63) is 11.9 Å². The Bertz CT molecular complexity index is 446. The highest BCUT2D eigenvalue weighted by atomic mass is 16.5. The van der Waals surface area contributed by atoms with E-state index < -0.39 is 5.60 Å². The van der Waals surface area contributed by atoms with Gasteiger partial charge in [0.05, 0.1) is 5.60 Å². The Morgan fingerprint density at radius 2 is 2.00 bits per heavy atom. The summed E-state index contributed by atoms with van der Waals surface area (Å²) in [7, 11) is 0. The summed E-state index contributed by atoms with van der Waals surface area (Å²) in [5, 5.41) is 13.6. The van der Waals surface area contributed by atoms with Crippen LogP contribution in [0.2, 0.25) is 0 Å². The summed E-state index contributed by atoms with van der Waals surface area (Å²) in [4.78, 5) is 8.73. The molecule has 0 amide bonds. The van der Waals surface area contributed by atoms with Gasteiger partial charge in [0.1, 0.15) is 17.5 Å². The first kappa shape index (κ1) is 15.0. The molecule has 5 N–H and O–H groups in total. The molecule has 7 heteroatoms. The number of anilines is 2. The second-order valence-electron chi connectivity index (χ2n) is 5.49. The van der Waals surface area contributed by atoms with E-state index in [0.29, 0.717) is 50.1 Å². The topological polar surface area (TPSA) is 105 Å². The summed E-state index contributed by atoms with van der Waals surface area (Å²) in [5.41, 5.74) is 1.80. The molecular weight excluding hydrogens is 258 g/mol. The first-order valence-electron chi connectivity index (χ1n) is 6.92. The third-order valence-corrected chi connectivity index (χ3v) is 3.43. The highest BCUT2D eigenvalue weighted by Gasteiger charge is 2.29. The Balaban J connectivity index is 2.06. The van der Waals surface area contributed by atoms with Crippen LogP contribution in [0.4, 0.5) is 11.6 Å². The minimum Gasteiger partial charge on any atom is -0.388 e. The molecule has 0 saturated carbocycles. The number of nitrogens with two attached hydrogens (primary N) is 1. The summed E-state index contributed by atoms with van der Waals surface area (Å²) < 4.78 is 5.26. The number of nitrogens with one attached hydrogen (secondary N) is 2. The van der Waals surface area contributed by atoms with Gasteiger partial charge in [0.25, 0.3) is 0 Å². The molecule has 1 saturated heterocycles. The quantitative estimate of drug-likeness (QED) is 0.468. The second kappa shape index (κ2) is 6.34. The van der Waals surface area contributed by atoms with Crippen molar-refractivity contribution in [3.63, 3.8) is 0 Å². The van der Waals surface area contributed by atoms with E-state index in [9.17, 15) is 5.11 Å². The first-order valence-corrected chi connectivity index (χ1v) is 6.92. The van der Waals surface area contributed by atoms with Crippen molar-refractivity contribution in [2.24, 2.45) is 5.84 Å². The third kappa shape index (κ3) is 3.78. The lowest BCUT2D eigenvalue weighted by atomic mass is 9.94. The molecular formula is C13H23N5O2. The van der Waals surface area contributed by atoms with Crippen molar-refractivity contribution in [1.29, 1.82) is 0 Å². The van der Waals surface area contributed by atoms with E-state index in [1.807, 2.05) is 13.8 Å². The number of nitrogens with zero attached hydrogens (tertiary/aromatic N) is 2. The van der Waals surface area contributed by atoms with Crippen molar-refractivity contribution in [2.75, 3.05) is 30.5 Å². The zero-order chi connectivity index (χ0) is 14.6. The number of hydrogen-bond acceptors (Lipinski definition) is 7. The Morgan fingerprint density at radius 3 is 2.60 bits per heavy atom. The van der Waals surface area contributed by atoms with Gasteiger partial charge in [0.2, 0.25) is 0 Å². The number of ether oxygens (including phenoxy) is 1. The van der Waals surface area contributed by atoms with Gasteiger partial charge in [0, 0.05) is 44.6 Å².